The molecule has 0 saturated carbocycles. The Kier molecular flexibility index (Phi) is 7.35. The van der Waals surface area contributed by atoms with E-state index in [-0.39, 0.29) is 29.9 Å². The predicted octanol–water partition coefficient (Wildman–Crippen LogP) is 2.41. The summed E-state index contributed by atoms with van der Waals surface area (Å²) < 4.78 is 10.5. The van der Waals surface area contributed by atoms with Gasteiger partial charge in [0.15, 0.2) is 11.7 Å². The normalized spacial score (nSPS) is 15.0. The maximum Gasteiger partial charge on any atom is 0.289 e. The Hall–Kier alpha value is -1.97. The molecule has 0 bridgehead atoms. The first kappa shape index (κ1) is 19.4. The molecule has 2 aromatic heterocycles. The second-order valence-electron chi connectivity index (χ2n) is 5.51. The number of hydrogen-bond donors (Lipinski definition) is 1. The monoisotopic (exact) mass is 458 g/mol. The van der Waals surface area contributed by atoms with Crippen molar-refractivity contribution in [2.45, 2.75) is 13.5 Å². The van der Waals surface area contributed by atoms with Crippen molar-refractivity contribution in [3.63, 3.8) is 0 Å². The first-order valence-corrected chi connectivity index (χ1v) is 8.16. The third-order valence-corrected chi connectivity index (χ3v) is 3.90. The Morgan fingerprint density at radius 3 is 2.40 bits per heavy atom. The number of aliphatic imine (C=N–C) groups is 1. The van der Waals surface area contributed by atoms with E-state index in [1.807, 2.05) is 24.0 Å². The summed E-state index contributed by atoms with van der Waals surface area (Å²) in [6.07, 6.45) is 3.17. The molecule has 0 radical (unpaired) electrons. The largest absolute Gasteiger partial charge is 0.467 e. The van der Waals surface area contributed by atoms with Gasteiger partial charge in [0.2, 0.25) is 0 Å². The van der Waals surface area contributed by atoms with Crippen molar-refractivity contribution in [1.82, 2.24) is 15.1 Å². The quantitative estimate of drug-likeness (QED) is 0.433. The second kappa shape index (κ2) is 9.50. The van der Waals surface area contributed by atoms with E-state index in [4.69, 9.17) is 8.83 Å². The lowest BCUT2D eigenvalue weighted by Gasteiger charge is -2.36. The van der Waals surface area contributed by atoms with E-state index in [0.29, 0.717) is 25.4 Å². The highest BCUT2D eigenvalue weighted by Crippen LogP contribution is 2.10. The fourth-order valence-corrected chi connectivity index (χ4v) is 2.66. The average molecular weight is 458 g/mol. The molecule has 2 aromatic rings. The number of carbonyl (C=O) groups excluding carboxylic acids is 1. The van der Waals surface area contributed by atoms with Gasteiger partial charge in [0.25, 0.3) is 5.91 Å². The molecule has 0 aromatic carbocycles. The molecule has 3 rings (SSSR count). The second-order valence-corrected chi connectivity index (χ2v) is 5.51. The van der Waals surface area contributed by atoms with Crippen molar-refractivity contribution in [2.24, 2.45) is 4.99 Å². The summed E-state index contributed by atoms with van der Waals surface area (Å²) in [5.74, 6) is 2.01. The summed E-state index contributed by atoms with van der Waals surface area (Å²) in [6.45, 7) is 6.09. The fraction of sp³-hybridized carbons (Fsp3) is 0.412. The molecule has 0 atom stereocenters. The van der Waals surface area contributed by atoms with E-state index in [1.54, 1.807) is 18.4 Å². The number of hydrogen-bond acceptors (Lipinski definition) is 4. The Morgan fingerprint density at radius 2 is 1.80 bits per heavy atom. The average Bonchev–Trinajstić information content (AvgIpc) is 3.31. The van der Waals surface area contributed by atoms with Crippen molar-refractivity contribution in [1.29, 1.82) is 0 Å². The molecule has 1 fully saturated rings. The van der Waals surface area contributed by atoms with E-state index in [1.165, 1.54) is 6.26 Å². The highest BCUT2D eigenvalue weighted by molar-refractivity contribution is 14.0. The molecule has 0 spiro atoms. The Labute approximate surface area is 164 Å². The van der Waals surface area contributed by atoms with E-state index in [9.17, 15) is 4.79 Å². The number of halogens is 1. The number of carbonyl (C=O) groups is 1. The van der Waals surface area contributed by atoms with Crippen LogP contribution in [0.15, 0.2) is 50.6 Å². The van der Waals surface area contributed by atoms with Crippen molar-refractivity contribution >= 4 is 35.8 Å². The summed E-state index contributed by atoms with van der Waals surface area (Å²) >= 11 is 0. The van der Waals surface area contributed by atoms with Gasteiger partial charge in [-0.15, -0.1) is 24.0 Å². The van der Waals surface area contributed by atoms with Crippen LogP contribution < -0.4 is 5.32 Å². The number of amides is 1. The summed E-state index contributed by atoms with van der Waals surface area (Å²) in [7, 11) is 0. The van der Waals surface area contributed by atoms with Crippen molar-refractivity contribution < 1.29 is 13.6 Å². The van der Waals surface area contributed by atoms with Crippen LogP contribution in [-0.2, 0) is 6.54 Å². The first-order chi connectivity index (χ1) is 11.8. The van der Waals surface area contributed by atoms with Crippen LogP contribution in [0, 0.1) is 0 Å². The molecule has 3 heterocycles. The molecule has 1 saturated heterocycles. The Balaban J connectivity index is 0.00000225. The molecule has 7 nitrogen and oxygen atoms in total. The zero-order valence-electron chi connectivity index (χ0n) is 14.2. The number of nitrogens with one attached hydrogen (secondary N) is 1. The molecule has 25 heavy (non-hydrogen) atoms. The van der Waals surface area contributed by atoms with Crippen molar-refractivity contribution in [3.05, 3.63) is 48.3 Å². The van der Waals surface area contributed by atoms with Gasteiger partial charge in [0.1, 0.15) is 12.3 Å². The minimum Gasteiger partial charge on any atom is -0.467 e. The third-order valence-electron chi connectivity index (χ3n) is 3.90. The lowest BCUT2D eigenvalue weighted by Crippen LogP contribution is -2.53. The summed E-state index contributed by atoms with van der Waals surface area (Å²) in [6, 6.07) is 7.20. The molecule has 1 aliphatic rings. The molecule has 8 heteroatoms. The van der Waals surface area contributed by atoms with Crippen LogP contribution >= 0.6 is 24.0 Å². The molecular formula is C17H23IN4O3. The van der Waals surface area contributed by atoms with Crippen LogP contribution in [0.1, 0.15) is 23.2 Å². The summed E-state index contributed by atoms with van der Waals surface area (Å²) in [5, 5.41) is 3.30. The van der Waals surface area contributed by atoms with E-state index >= 15 is 0 Å². The molecule has 1 amide bonds. The van der Waals surface area contributed by atoms with E-state index in [2.05, 4.69) is 15.2 Å². The number of furan rings is 2. The number of guanidine groups is 1. The SMILES string of the molecule is CCNC(=NCc1ccco1)N1CCN(C(=O)c2ccco2)CC1.I. The highest BCUT2D eigenvalue weighted by Gasteiger charge is 2.25. The number of rotatable bonds is 4. The van der Waals surface area contributed by atoms with Crippen LogP contribution in [0.25, 0.3) is 0 Å². The van der Waals surface area contributed by atoms with Gasteiger partial charge in [0, 0.05) is 32.7 Å². The summed E-state index contributed by atoms with van der Waals surface area (Å²) in [5.41, 5.74) is 0. The lowest BCUT2D eigenvalue weighted by molar-refractivity contribution is 0.0657. The minimum atomic E-state index is -0.0582. The summed E-state index contributed by atoms with van der Waals surface area (Å²) in [4.78, 5) is 20.9. The van der Waals surface area contributed by atoms with Gasteiger partial charge in [-0.2, -0.15) is 0 Å². The smallest absolute Gasteiger partial charge is 0.289 e. The van der Waals surface area contributed by atoms with Crippen molar-refractivity contribution in [2.75, 3.05) is 32.7 Å². The van der Waals surface area contributed by atoms with Gasteiger partial charge < -0.3 is 24.0 Å². The molecule has 1 aliphatic heterocycles. The van der Waals surface area contributed by atoms with Crippen LogP contribution in [-0.4, -0.2) is 54.4 Å². The third kappa shape index (κ3) is 5.00. The zero-order valence-corrected chi connectivity index (χ0v) is 16.5. The van der Waals surface area contributed by atoms with Crippen LogP contribution in [0.4, 0.5) is 0 Å². The van der Waals surface area contributed by atoms with Crippen LogP contribution in [0.5, 0.6) is 0 Å². The maximum atomic E-state index is 12.3. The fourth-order valence-electron chi connectivity index (χ4n) is 2.66. The molecular weight excluding hydrogens is 435 g/mol. The van der Waals surface area contributed by atoms with Crippen LogP contribution in [0.3, 0.4) is 0 Å². The van der Waals surface area contributed by atoms with Gasteiger partial charge in [-0.25, -0.2) is 4.99 Å². The Bertz CT molecular complexity index is 662. The molecule has 136 valence electrons. The van der Waals surface area contributed by atoms with E-state index in [0.717, 1.165) is 31.4 Å². The minimum absolute atomic E-state index is 0. The highest BCUT2D eigenvalue weighted by atomic mass is 127. The molecule has 0 aliphatic carbocycles. The van der Waals surface area contributed by atoms with Crippen LogP contribution in [0.2, 0.25) is 0 Å². The topological polar surface area (TPSA) is 74.2 Å². The Morgan fingerprint density at radius 1 is 1.12 bits per heavy atom. The predicted molar refractivity (Wildman–Crippen MR) is 105 cm³/mol. The van der Waals surface area contributed by atoms with E-state index < -0.39 is 0 Å². The number of piperazine rings is 1. The molecule has 1 N–H and O–H groups in total. The van der Waals surface area contributed by atoms with Gasteiger partial charge in [-0.1, -0.05) is 0 Å². The zero-order chi connectivity index (χ0) is 16.8. The number of nitrogens with zero attached hydrogens (tertiary/aromatic N) is 3. The first-order valence-electron chi connectivity index (χ1n) is 8.16. The van der Waals surface area contributed by atoms with Crippen molar-refractivity contribution in [3.8, 4) is 0 Å². The van der Waals surface area contributed by atoms with Gasteiger partial charge in [0.05, 0.1) is 12.5 Å². The van der Waals surface area contributed by atoms with Gasteiger partial charge in [-0.3, -0.25) is 4.79 Å². The molecule has 0 unspecified atom stereocenters. The van der Waals surface area contributed by atoms with Gasteiger partial charge in [-0.05, 0) is 31.2 Å². The maximum absolute atomic E-state index is 12.3. The standard InChI is InChI=1S/C17H22N4O3.HI/c1-2-18-17(19-13-14-5-3-11-23-14)21-9-7-20(8-10-21)16(22)15-6-4-12-24-15;/h3-6,11-12H,2,7-10,13H2,1H3,(H,18,19);1H. The van der Waals surface area contributed by atoms with Gasteiger partial charge >= 0.3 is 0 Å². The lowest BCUT2D eigenvalue weighted by atomic mass is 10.3.